The molecule has 1 aliphatic rings. The fourth-order valence-corrected chi connectivity index (χ4v) is 2.50. The molecule has 1 fully saturated rings. The Balaban J connectivity index is 1.73. The van der Waals surface area contributed by atoms with Crippen LogP contribution in [0.4, 0.5) is 5.69 Å². The van der Waals surface area contributed by atoms with E-state index in [0.717, 1.165) is 45.1 Å². The molecular weight excluding hydrogens is 312 g/mol. The molecule has 7 heteroatoms. The Morgan fingerprint density at radius 2 is 1.91 bits per heavy atom. The van der Waals surface area contributed by atoms with Gasteiger partial charge < -0.3 is 20.3 Å². The first kappa shape index (κ1) is 17.7. The summed E-state index contributed by atoms with van der Waals surface area (Å²) in [4.78, 5) is 15.7. The molecule has 1 heterocycles. The molecule has 1 aromatic carbocycles. The summed E-state index contributed by atoms with van der Waals surface area (Å²) in [7, 11) is 3.48. The molecule has 1 saturated heterocycles. The van der Waals surface area contributed by atoms with Crippen LogP contribution in [0.1, 0.15) is 10.4 Å². The van der Waals surface area contributed by atoms with Crippen molar-refractivity contribution in [1.82, 2.24) is 15.1 Å². The first-order chi connectivity index (χ1) is 11.1. The first-order valence-corrected chi connectivity index (χ1v) is 8.14. The minimum atomic E-state index is -0.0113. The van der Waals surface area contributed by atoms with Crippen LogP contribution in [0.25, 0.3) is 0 Å². The van der Waals surface area contributed by atoms with Gasteiger partial charge in [-0.05, 0) is 36.5 Å². The second kappa shape index (κ2) is 8.81. The van der Waals surface area contributed by atoms with E-state index in [1.165, 1.54) is 0 Å². The lowest BCUT2D eigenvalue weighted by Gasteiger charge is -2.26. The fraction of sp³-hybridized carbons (Fsp3) is 0.500. The maximum atomic E-state index is 11.8. The molecule has 1 aliphatic heterocycles. The lowest BCUT2D eigenvalue weighted by atomic mass is 10.2. The summed E-state index contributed by atoms with van der Waals surface area (Å²) < 4.78 is 5.32. The van der Waals surface area contributed by atoms with Crippen LogP contribution in [0.15, 0.2) is 24.3 Å². The summed E-state index contributed by atoms with van der Waals surface area (Å²) in [5.41, 5.74) is 1.52. The molecule has 23 heavy (non-hydrogen) atoms. The molecule has 0 radical (unpaired) electrons. The number of nitrogens with one attached hydrogen (secondary N) is 2. The smallest absolute Gasteiger partial charge is 0.253 e. The Labute approximate surface area is 142 Å². The van der Waals surface area contributed by atoms with E-state index in [0.29, 0.717) is 10.7 Å². The molecule has 0 aromatic heterocycles. The lowest BCUT2D eigenvalue weighted by Crippen LogP contribution is -2.42. The number of ether oxygens (including phenoxy) is 1. The van der Waals surface area contributed by atoms with Crippen molar-refractivity contribution in [2.45, 2.75) is 0 Å². The number of rotatable bonds is 5. The van der Waals surface area contributed by atoms with Gasteiger partial charge in [-0.15, -0.1) is 0 Å². The molecule has 126 valence electrons. The third-order valence-electron chi connectivity index (χ3n) is 3.61. The van der Waals surface area contributed by atoms with Crippen molar-refractivity contribution >= 4 is 28.9 Å². The summed E-state index contributed by atoms with van der Waals surface area (Å²) in [6.45, 7) is 5.30. The van der Waals surface area contributed by atoms with E-state index in [1.807, 2.05) is 12.1 Å². The molecule has 1 amide bonds. The van der Waals surface area contributed by atoms with Crippen molar-refractivity contribution < 1.29 is 9.53 Å². The van der Waals surface area contributed by atoms with Gasteiger partial charge in [0.25, 0.3) is 5.91 Å². The van der Waals surface area contributed by atoms with E-state index in [4.69, 9.17) is 17.0 Å². The predicted octanol–water partition coefficient (Wildman–Crippen LogP) is 1.01. The average molecular weight is 336 g/mol. The molecule has 2 N–H and O–H groups in total. The zero-order valence-corrected chi connectivity index (χ0v) is 14.5. The molecule has 0 unspecified atom stereocenters. The van der Waals surface area contributed by atoms with Crippen molar-refractivity contribution in [2.75, 3.05) is 58.8 Å². The Kier molecular flexibility index (Phi) is 6.76. The van der Waals surface area contributed by atoms with Crippen LogP contribution >= 0.6 is 12.2 Å². The number of benzene rings is 1. The number of amides is 1. The maximum absolute atomic E-state index is 11.8. The molecule has 0 spiro atoms. The van der Waals surface area contributed by atoms with Gasteiger partial charge in [0.15, 0.2) is 5.11 Å². The second-order valence-corrected chi connectivity index (χ2v) is 6.02. The van der Waals surface area contributed by atoms with E-state index in [1.54, 1.807) is 31.1 Å². The number of nitrogens with zero attached hydrogens (tertiary/aromatic N) is 2. The number of hydrogen-bond acceptors (Lipinski definition) is 4. The summed E-state index contributed by atoms with van der Waals surface area (Å²) >= 11 is 5.29. The molecule has 0 atom stereocenters. The largest absolute Gasteiger partial charge is 0.379 e. The number of thiocarbonyl (C=S) groups is 1. The molecule has 6 nitrogen and oxygen atoms in total. The van der Waals surface area contributed by atoms with Crippen molar-refractivity contribution in [3.8, 4) is 0 Å². The molecule has 0 bridgehead atoms. The Morgan fingerprint density at radius 1 is 1.26 bits per heavy atom. The second-order valence-electron chi connectivity index (χ2n) is 5.61. The highest BCUT2D eigenvalue weighted by Gasteiger charge is 2.10. The van der Waals surface area contributed by atoms with Crippen molar-refractivity contribution in [2.24, 2.45) is 0 Å². The standard InChI is InChI=1S/C16H24N4O2S/c1-19(2)15(21)13-3-5-14(6-4-13)18-16(23)17-7-8-20-9-11-22-12-10-20/h3-6H,7-12H2,1-2H3,(H2,17,18,23). The van der Waals surface area contributed by atoms with Gasteiger partial charge in [-0.1, -0.05) is 0 Å². The molecule has 1 aromatic rings. The summed E-state index contributed by atoms with van der Waals surface area (Å²) in [5, 5.41) is 6.91. The van der Waals surface area contributed by atoms with Crippen molar-refractivity contribution in [3.05, 3.63) is 29.8 Å². The highest BCUT2D eigenvalue weighted by Crippen LogP contribution is 2.10. The summed E-state index contributed by atoms with van der Waals surface area (Å²) in [5.74, 6) is -0.0113. The molecule has 0 aliphatic carbocycles. The topological polar surface area (TPSA) is 56.8 Å². The van der Waals surface area contributed by atoms with Crippen LogP contribution in [0.3, 0.4) is 0 Å². The monoisotopic (exact) mass is 336 g/mol. The molecule has 0 saturated carbocycles. The van der Waals surface area contributed by atoms with Crippen LogP contribution < -0.4 is 10.6 Å². The van der Waals surface area contributed by atoms with E-state index in [-0.39, 0.29) is 5.91 Å². The Bertz CT molecular complexity index is 527. The van der Waals surface area contributed by atoms with Crippen LogP contribution in [-0.4, -0.2) is 74.3 Å². The maximum Gasteiger partial charge on any atom is 0.253 e. The number of hydrogen-bond donors (Lipinski definition) is 2. The van der Waals surface area contributed by atoms with E-state index in [9.17, 15) is 4.79 Å². The minimum absolute atomic E-state index is 0.0113. The number of carbonyl (C=O) groups excluding carboxylic acids is 1. The summed E-state index contributed by atoms with van der Waals surface area (Å²) in [6.07, 6.45) is 0. The van der Waals surface area contributed by atoms with Crippen LogP contribution in [-0.2, 0) is 4.74 Å². The zero-order chi connectivity index (χ0) is 16.7. The first-order valence-electron chi connectivity index (χ1n) is 7.73. The number of morpholine rings is 1. The van der Waals surface area contributed by atoms with Gasteiger partial charge in [0.05, 0.1) is 13.2 Å². The minimum Gasteiger partial charge on any atom is -0.379 e. The highest BCUT2D eigenvalue weighted by molar-refractivity contribution is 7.80. The van der Waals surface area contributed by atoms with Gasteiger partial charge in [-0.3, -0.25) is 9.69 Å². The van der Waals surface area contributed by atoms with Gasteiger partial charge in [0.2, 0.25) is 0 Å². The lowest BCUT2D eigenvalue weighted by molar-refractivity contribution is 0.0389. The Morgan fingerprint density at radius 3 is 2.52 bits per heavy atom. The van der Waals surface area contributed by atoms with Gasteiger partial charge in [-0.2, -0.15) is 0 Å². The van der Waals surface area contributed by atoms with Crippen LogP contribution in [0.2, 0.25) is 0 Å². The third-order valence-corrected chi connectivity index (χ3v) is 3.86. The normalized spacial score (nSPS) is 15.0. The highest BCUT2D eigenvalue weighted by atomic mass is 32.1. The zero-order valence-electron chi connectivity index (χ0n) is 13.7. The Hall–Kier alpha value is -1.70. The van der Waals surface area contributed by atoms with E-state index in [2.05, 4.69) is 15.5 Å². The van der Waals surface area contributed by atoms with Gasteiger partial charge in [0, 0.05) is 51.5 Å². The van der Waals surface area contributed by atoms with Gasteiger partial charge in [0.1, 0.15) is 0 Å². The van der Waals surface area contributed by atoms with Gasteiger partial charge >= 0.3 is 0 Å². The van der Waals surface area contributed by atoms with Crippen molar-refractivity contribution in [1.29, 1.82) is 0 Å². The van der Waals surface area contributed by atoms with Crippen LogP contribution in [0, 0.1) is 0 Å². The third kappa shape index (κ3) is 5.78. The average Bonchev–Trinajstić information content (AvgIpc) is 2.56. The van der Waals surface area contributed by atoms with Gasteiger partial charge in [-0.25, -0.2) is 0 Å². The number of anilines is 1. The molecular formula is C16H24N4O2S. The predicted molar refractivity (Wildman–Crippen MR) is 95.9 cm³/mol. The fourth-order valence-electron chi connectivity index (χ4n) is 2.28. The van der Waals surface area contributed by atoms with Crippen molar-refractivity contribution in [3.63, 3.8) is 0 Å². The molecule has 2 rings (SSSR count). The summed E-state index contributed by atoms with van der Waals surface area (Å²) in [6, 6.07) is 7.29. The number of carbonyl (C=O) groups is 1. The van der Waals surface area contributed by atoms with E-state index >= 15 is 0 Å². The quantitative estimate of drug-likeness (QED) is 0.783. The SMILES string of the molecule is CN(C)C(=O)c1ccc(NC(=S)NCCN2CCOCC2)cc1. The van der Waals surface area contributed by atoms with Crippen LogP contribution in [0.5, 0.6) is 0 Å². The van der Waals surface area contributed by atoms with E-state index < -0.39 is 0 Å².